The monoisotopic (exact) mass is 232 g/mol. The summed E-state index contributed by atoms with van der Waals surface area (Å²) in [4.78, 5) is 10.4. The van der Waals surface area contributed by atoms with Crippen molar-refractivity contribution in [3.05, 3.63) is 0 Å². The van der Waals surface area contributed by atoms with Crippen LogP contribution in [0.25, 0.3) is 0 Å². The molecule has 0 aromatic heterocycles. The van der Waals surface area contributed by atoms with Gasteiger partial charge in [-0.25, -0.2) is 0 Å². The number of hydrogen-bond acceptors (Lipinski definition) is 4. The third-order valence-electron chi connectivity index (χ3n) is 2.13. The summed E-state index contributed by atoms with van der Waals surface area (Å²) in [5, 5.41) is 12.2. The van der Waals surface area contributed by atoms with Crippen LogP contribution in [0.15, 0.2) is 0 Å². The summed E-state index contributed by atoms with van der Waals surface area (Å²) in [6.07, 6.45) is 4.07. The molecule has 0 aromatic carbocycles. The number of aliphatic hydroxyl groups is 1. The number of nitrogens with two attached hydrogens (primary N) is 1. The maximum atomic E-state index is 10.4. The lowest BCUT2D eigenvalue weighted by atomic mass is 10.2. The second-order valence-corrected chi connectivity index (χ2v) is 3.89. The van der Waals surface area contributed by atoms with Gasteiger partial charge in [-0.05, 0) is 6.42 Å². The summed E-state index contributed by atoms with van der Waals surface area (Å²) in [7, 11) is 0. The molecular formula is C11H24N2O3. The van der Waals surface area contributed by atoms with Gasteiger partial charge >= 0.3 is 0 Å². The van der Waals surface area contributed by atoms with Crippen LogP contribution in [0.3, 0.4) is 0 Å². The third-order valence-corrected chi connectivity index (χ3v) is 2.13. The van der Waals surface area contributed by atoms with Gasteiger partial charge in [-0.15, -0.1) is 0 Å². The van der Waals surface area contributed by atoms with Gasteiger partial charge in [-0.2, -0.15) is 0 Å². The molecule has 5 nitrogen and oxygen atoms in total. The van der Waals surface area contributed by atoms with Crippen LogP contribution in [-0.2, 0) is 9.53 Å². The molecule has 0 aliphatic heterocycles. The first kappa shape index (κ1) is 15.3. The number of carbonyl (C=O) groups is 1. The maximum absolute atomic E-state index is 10.4. The average Bonchev–Trinajstić information content (AvgIpc) is 2.22. The molecule has 1 atom stereocenters. The number of carbonyl (C=O) groups excluding carboxylic acids is 1. The number of amides is 1. The number of rotatable bonds is 11. The molecule has 0 aliphatic carbocycles. The van der Waals surface area contributed by atoms with Gasteiger partial charge in [0.1, 0.15) is 0 Å². The minimum Gasteiger partial charge on any atom is -0.389 e. The molecule has 0 radical (unpaired) electrons. The molecule has 1 unspecified atom stereocenters. The van der Waals surface area contributed by atoms with E-state index >= 15 is 0 Å². The number of hydrogen-bond donors (Lipinski definition) is 3. The standard InChI is InChI=1S/C11H24N2O3/c1-2-3-4-5-6-16-9-10(14)7-13-8-11(12)15/h10,13-14H,2-9H2,1H3,(H2,12,15). The molecule has 16 heavy (non-hydrogen) atoms. The quantitative estimate of drug-likeness (QED) is 0.438. The van der Waals surface area contributed by atoms with Gasteiger partial charge in [0.15, 0.2) is 0 Å². The van der Waals surface area contributed by atoms with Crippen LogP contribution in [0.4, 0.5) is 0 Å². The highest BCUT2D eigenvalue weighted by molar-refractivity contribution is 5.75. The van der Waals surface area contributed by atoms with Crippen molar-refractivity contribution in [3.63, 3.8) is 0 Å². The highest BCUT2D eigenvalue weighted by Crippen LogP contribution is 1.99. The molecule has 96 valence electrons. The van der Waals surface area contributed by atoms with Gasteiger partial charge < -0.3 is 20.9 Å². The fraction of sp³-hybridized carbons (Fsp3) is 0.909. The van der Waals surface area contributed by atoms with Crippen LogP contribution in [-0.4, -0.2) is 43.4 Å². The van der Waals surface area contributed by atoms with Crippen LogP contribution < -0.4 is 11.1 Å². The lowest BCUT2D eigenvalue weighted by Gasteiger charge is -2.11. The highest BCUT2D eigenvalue weighted by atomic mass is 16.5. The topological polar surface area (TPSA) is 84.6 Å². The number of nitrogens with one attached hydrogen (secondary N) is 1. The summed E-state index contributed by atoms with van der Waals surface area (Å²) in [6.45, 7) is 3.57. The maximum Gasteiger partial charge on any atom is 0.231 e. The Kier molecular flexibility index (Phi) is 10.4. The van der Waals surface area contributed by atoms with Crippen molar-refractivity contribution in [1.82, 2.24) is 5.32 Å². The first-order chi connectivity index (χ1) is 7.66. The lowest BCUT2D eigenvalue weighted by molar-refractivity contribution is -0.117. The molecule has 0 spiro atoms. The van der Waals surface area contributed by atoms with E-state index in [9.17, 15) is 9.90 Å². The van der Waals surface area contributed by atoms with Gasteiger partial charge in [0, 0.05) is 13.2 Å². The van der Waals surface area contributed by atoms with Crippen LogP contribution in [0, 0.1) is 0 Å². The molecule has 0 saturated heterocycles. The van der Waals surface area contributed by atoms with Gasteiger partial charge in [0.2, 0.25) is 5.91 Å². The Hall–Kier alpha value is -0.650. The predicted octanol–water partition coefficient (Wildman–Crippen LogP) is 0.0191. The third kappa shape index (κ3) is 11.4. The molecule has 0 bridgehead atoms. The van der Waals surface area contributed by atoms with E-state index in [0.717, 1.165) is 6.42 Å². The van der Waals surface area contributed by atoms with E-state index in [1.807, 2.05) is 0 Å². The molecule has 1 amide bonds. The molecule has 0 saturated carbocycles. The molecule has 0 aromatic rings. The van der Waals surface area contributed by atoms with Gasteiger partial charge in [0.05, 0.1) is 19.3 Å². The molecule has 0 heterocycles. The van der Waals surface area contributed by atoms with Crippen LogP contribution >= 0.6 is 0 Å². The number of unbranched alkanes of at least 4 members (excludes halogenated alkanes) is 3. The largest absolute Gasteiger partial charge is 0.389 e. The fourth-order valence-corrected chi connectivity index (χ4v) is 1.27. The summed E-state index contributed by atoms with van der Waals surface area (Å²) in [5.74, 6) is -0.423. The molecule has 0 rings (SSSR count). The van der Waals surface area contributed by atoms with E-state index in [4.69, 9.17) is 10.5 Å². The van der Waals surface area contributed by atoms with E-state index in [0.29, 0.717) is 19.8 Å². The zero-order valence-corrected chi connectivity index (χ0v) is 10.1. The Bertz CT molecular complexity index is 177. The number of aliphatic hydroxyl groups excluding tert-OH is 1. The van der Waals surface area contributed by atoms with E-state index < -0.39 is 12.0 Å². The number of ether oxygens (including phenoxy) is 1. The van der Waals surface area contributed by atoms with Crippen molar-refractivity contribution in [2.75, 3.05) is 26.3 Å². The van der Waals surface area contributed by atoms with E-state index in [1.165, 1.54) is 19.3 Å². The molecule has 0 aliphatic rings. The van der Waals surface area contributed by atoms with Crippen molar-refractivity contribution in [1.29, 1.82) is 0 Å². The van der Waals surface area contributed by atoms with Crippen molar-refractivity contribution >= 4 is 5.91 Å². The lowest BCUT2D eigenvalue weighted by Crippen LogP contribution is -2.36. The van der Waals surface area contributed by atoms with Crippen LogP contribution in [0.2, 0.25) is 0 Å². The first-order valence-corrected chi connectivity index (χ1v) is 5.91. The predicted molar refractivity (Wildman–Crippen MR) is 63.0 cm³/mol. The minimum absolute atomic E-state index is 0.0908. The second-order valence-electron chi connectivity index (χ2n) is 3.89. The zero-order chi connectivity index (χ0) is 12.2. The Morgan fingerprint density at radius 1 is 1.44 bits per heavy atom. The van der Waals surface area contributed by atoms with Gasteiger partial charge in [0.25, 0.3) is 0 Å². The highest BCUT2D eigenvalue weighted by Gasteiger charge is 2.04. The van der Waals surface area contributed by atoms with Crippen LogP contribution in [0.1, 0.15) is 32.6 Å². The Morgan fingerprint density at radius 3 is 2.81 bits per heavy atom. The smallest absolute Gasteiger partial charge is 0.231 e. The number of primary amides is 1. The molecule has 5 heteroatoms. The zero-order valence-electron chi connectivity index (χ0n) is 10.1. The summed E-state index contributed by atoms with van der Waals surface area (Å²) in [6, 6.07) is 0. The van der Waals surface area contributed by atoms with Crippen molar-refractivity contribution in [3.8, 4) is 0 Å². The van der Waals surface area contributed by atoms with Crippen molar-refractivity contribution < 1.29 is 14.6 Å². The van der Waals surface area contributed by atoms with E-state index in [2.05, 4.69) is 12.2 Å². The van der Waals surface area contributed by atoms with Crippen molar-refractivity contribution in [2.45, 2.75) is 38.7 Å². The fourth-order valence-electron chi connectivity index (χ4n) is 1.27. The summed E-state index contributed by atoms with van der Waals surface area (Å²) in [5.41, 5.74) is 4.93. The molecule has 0 fully saturated rings. The van der Waals surface area contributed by atoms with Gasteiger partial charge in [-0.3, -0.25) is 4.79 Å². The van der Waals surface area contributed by atoms with Crippen molar-refractivity contribution in [2.24, 2.45) is 5.73 Å². The van der Waals surface area contributed by atoms with E-state index in [1.54, 1.807) is 0 Å². The van der Waals surface area contributed by atoms with Gasteiger partial charge in [-0.1, -0.05) is 26.2 Å². The summed E-state index contributed by atoms with van der Waals surface area (Å²) < 4.78 is 5.29. The SMILES string of the molecule is CCCCCCOCC(O)CNCC(N)=O. The van der Waals surface area contributed by atoms with Crippen LogP contribution in [0.5, 0.6) is 0 Å². The Balaban J connectivity index is 3.17. The molecular weight excluding hydrogens is 208 g/mol. The summed E-state index contributed by atoms with van der Waals surface area (Å²) >= 11 is 0. The molecule has 4 N–H and O–H groups in total. The minimum atomic E-state index is -0.578. The average molecular weight is 232 g/mol. The Labute approximate surface area is 97.3 Å². The first-order valence-electron chi connectivity index (χ1n) is 5.91. The van der Waals surface area contributed by atoms with E-state index in [-0.39, 0.29) is 6.54 Å². The normalized spacial score (nSPS) is 12.6. The second kappa shape index (κ2) is 10.9. The Morgan fingerprint density at radius 2 is 2.19 bits per heavy atom.